The molecule has 0 saturated carbocycles. The van der Waals surface area contributed by atoms with E-state index in [1.165, 1.54) is 12.7 Å². The molecule has 0 fully saturated rings. The smallest absolute Gasteiger partial charge is 0.255 e. The second-order valence-corrected chi connectivity index (χ2v) is 7.54. The lowest BCUT2D eigenvalue weighted by Gasteiger charge is -2.18. The zero-order valence-electron chi connectivity index (χ0n) is 18.0. The Balaban J connectivity index is 1.67. The van der Waals surface area contributed by atoms with Crippen molar-refractivity contribution in [2.24, 2.45) is 0 Å². The van der Waals surface area contributed by atoms with Crippen LogP contribution in [0.1, 0.15) is 38.8 Å². The molecule has 1 heterocycles. The molecule has 0 radical (unpaired) electrons. The number of fused-ring (bicyclic) bond motifs is 1. The third-order valence-corrected chi connectivity index (χ3v) is 5.36. The van der Waals surface area contributed by atoms with Gasteiger partial charge in [-0.05, 0) is 36.3 Å². The van der Waals surface area contributed by atoms with Gasteiger partial charge in [-0.15, -0.1) is 0 Å². The summed E-state index contributed by atoms with van der Waals surface area (Å²) in [6.45, 7) is 1.84. The fourth-order valence-corrected chi connectivity index (χ4v) is 3.63. The number of methoxy groups -OCH3 is 1. The molecule has 4 rings (SSSR count). The van der Waals surface area contributed by atoms with Crippen molar-refractivity contribution in [3.05, 3.63) is 94.7 Å². The molecule has 6 heteroatoms. The topological polar surface area (TPSA) is 87.2 Å². The fraction of sp³-hybridized carbons (Fsp3) is 0.154. The number of hydrogen-bond donors (Lipinski definition) is 3. The first kappa shape index (κ1) is 21.3. The number of nitrogens with one attached hydrogen (secondary N) is 2. The average molecular weight is 428 g/mol. The maximum absolute atomic E-state index is 13.1. The molecular weight excluding hydrogens is 402 g/mol. The molecule has 0 saturated heterocycles. The molecule has 1 aromatic heterocycles. The molecule has 162 valence electrons. The molecule has 3 aromatic carbocycles. The van der Waals surface area contributed by atoms with Gasteiger partial charge >= 0.3 is 0 Å². The molecule has 0 unspecified atom stereocenters. The van der Waals surface area contributed by atoms with Crippen molar-refractivity contribution in [3.63, 3.8) is 0 Å². The predicted molar refractivity (Wildman–Crippen MR) is 126 cm³/mol. The lowest BCUT2D eigenvalue weighted by molar-refractivity contribution is 0.0913. The maximum atomic E-state index is 13.1. The van der Waals surface area contributed by atoms with E-state index >= 15 is 0 Å². The fourth-order valence-electron chi connectivity index (χ4n) is 3.63. The number of benzene rings is 3. The zero-order valence-corrected chi connectivity index (χ0v) is 18.0. The number of aromatic amines is 1. The summed E-state index contributed by atoms with van der Waals surface area (Å²) >= 11 is 0. The largest absolute Gasteiger partial charge is 0.495 e. The van der Waals surface area contributed by atoms with Crippen LogP contribution in [0.4, 0.5) is 0 Å². The van der Waals surface area contributed by atoms with Gasteiger partial charge in [0.1, 0.15) is 5.75 Å². The van der Waals surface area contributed by atoms with Crippen molar-refractivity contribution in [1.82, 2.24) is 15.5 Å². The predicted octanol–water partition coefficient (Wildman–Crippen LogP) is 4.51. The number of carbonyl (C=O) groups is 1. The molecular formula is C26H25N3O3. The van der Waals surface area contributed by atoms with E-state index in [9.17, 15) is 9.90 Å². The Hall–Kier alpha value is -3.90. The van der Waals surface area contributed by atoms with Crippen LogP contribution in [0.15, 0.2) is 66.7 Å². The molecule has 6 nitrogen and oxygen atoms in total. The number of aliphatic hydroxyl groups is 1. The summed E-state index contributed by atoms with van der Waals surface area (Å²) in [6, 6.07) is 20.5. The molecule has 1 atom stereocenters. The van der Waals surface area contributed by atoms with Gasteiger partial charge in [-0.25, -0.2) is 0 Å². The van der Waals surface area contributed by atoms with Crippen LogP contribution in [0.2, 0.25) is 0 Å². The van der Waals surface area contributed by atoms with Crippen molar-refractivity contribution in [2.75, 3.05) is 13.7 Å². The summed E-state index contributed by atoms with van der Waals surface area (Å²) in [4.78, 5) is 13.1. The van der Waals surface area contributed by atoms with Crippen molar-refractivity contribution < 1.29 is 14.6 Å². The average Bonchev–Trinajstić information content (AvgIpc) is 3.25. The van der Waals surface area contributed by atoms with Crippen LogP contribution in [0.5, 0.6) is 5.75 Å². The first-order valence-corrected chi connectivity index (χ1v) is 10.4. The minimum absolute atomic E-state index is 0.212. The Morgan fingerprint density at radius 2 is 1.84 bits per heavy atom. The van der Waals surface area contributed by atoms with Crippen LogP contribution in [0.25, 0.3) is 23.1 Å². The van der Waals surface area contributed by atoms with Gasteiger partial charge in [-0.1, -0.05) is 66.2 Å². The monoisotopic (exact) mass is 427 g/mol. The number of nitrogens with zero attached hydrogens (tertiary/aromatic N) is 1. The molecule has 4 aromatic rings. The number of ether oxygens (including phenoxy) is 1. The lowest BCUT2D eigenvalue weighted by Crippen LogP contribution is -2.31. The van der Waals surface area contributed by atoms with Crippen LogP contribution in [0, 0.1) is 6.92 Å². The normalized spacial score (nSPS) is 12.2. The van der Waals surface area contributed by atoms with E-state index in [4.69, 9.17) is 4.74 Å². The summed E-state index contributed by atoms with van der Waals surface area (Å²) in [5.41, 5.74) is 4.90. The second-order valence-electron chi connectivity index (χ2n) is 7.54. The first-order valence-electron chi connectivity index (χ1n) is 10.4. The van der Waals surface area contributed by atoms with Crippen LogP contribution < -0.4 is 10.1 Å². The van der Waals surface area contributed by atoms with Gasteiger partial charge in [-0.3, -0.25) is 9.89 Å². The third-order valence-electron chi connectivity index (χ3n) is 5.36. The lowest BCUT2D eigenvalue weighted by atomic mass is 10.0. The van der Waals surface area contributed by atoms with Gasteiger partial charge in [0.05, 0.1) is 41.9 Å². The van der Waals surface area contributed by atoms with E-state index in [-0.39, 0.29) is 12.5 Å². The number of aryl methyl sites for hydroxylation is 1. The highest BCUT2D eigenvalue weighted by molar-refractivity contribution is 6.05. The molecule has 32 heavy (non-hydrogen) atoms. The summed E-state index contributed by atoms with van der Waals surface area (Å²) in [7, 11) is 1.53. The zero-order chi connectivity index (χ0) is 22.5. The van der Waals surface area contributed by atoms with Gasteiger partial charge in [0, 0.05) is 0 Å². The van der Waals surface area contributed by atoms with Crippen molar-refractivity contribution in [2.45, 2.75) is 13.0 Å². The summed E-state index contributed by atoms with van der Waals surface area (Å²) in [5, 5.41) is 20.8. The highest BCUT2D eigenvalue weighted by Crippen LogP contribution is 2.32. The van der Waals surface area contributed by atoms with Gasteiger partial charge in [0.15, 0.2) is 0 Å². The number of rotatable bonds is 7. The highest BCUT2D eigenvalue weighted by Gasteiger charge is 2.21. The van der Waals surface area contributed by atoms with E-state index in [1.807, 2.05) is 61.5 Å². The number of hydrogen-bond acceptors (Lipinski definition) is 4. The summed E-state index contributed by atoms with van der Waals surface area (Å²) < 4.78 is 5.65. The number of carbonyl (C=O) groups excluding carboxylic acids is 1. The van der Waals surface area contributed by atoms with Gasteiger partial charge in [0.25, 0.3) is 5.91 Å². The molecule has 1 amide bonds. The van der Waals surface area contributed by atoms with E-state index in [2.05, 4.69) is 27.6 Å². The number of aliphatic hydroxyl groups excluding tert-OH is 1. The Morgan fingerprint density at radius 1 is 1.09 bits per heavy atom. The van der Waals surface area contributed by atoms with E-state index in [1.54, 1.807) is 12.1 Å². The standard InChI is InChI=1S/C26H25N3O3/c1-17-8-10-18(11-9-17)12-14-21-24-22(29-28-21)15-13-20(25(24)32-2)26(31)27-23(16-30)19-6-4-3-5-7-19/h3-15,23,30H,16H2,1-2H3,(H,27,31)(H,28,29)/t23-/m1/s1. The Morgan fingerprint density at radius 3 is 2.53 bits per heavy atom. The minimum Gasteiger partial charge on any atom is -0.495 e. The number of aromatic nitrogens is 2. The van der Waals surface area contributed by atoms with Crippen LogP contribution in [-0.4, -0.2) is 34.9 Å². The minimum atomic E-state index is -0.519. The molecule has 3 N–H and O–H groups in total. The van der Waals surface area contributed by atoms with Gasteiger partial charge in [-0.2, -0.15) is 5.10 Å². The Bertz CT molecular complexity index is 1240. The van der Waals surface area contributed by atoms with E-state index in [0.717, 1.165) is 22.2 Å². The van der Waals surface area contributed by atoms with Crippen molar-refractivity contribution >= 4 is 29.0 Å². The molecule has 0 spiro atoms. The van der Waals surface area contributed by atoms with Crippen LogP contribution in [-0.2, 0) is 0 Å². The van der Waals surface area contributed by atoms with E-state index < -0.39 is 6.04 Å². The SMILES string of the molecule is COc1c(C(=O)N[C@H](CO)c2ccccc2)ccc2n[nH]c(C=Cc3ccc(C)cc3)c12. The molecule has 0 bridgehead atoms. The maximum Gasteiger partial charge on any atom is 0.255 e. The van der Waals surface area contributed by atoms with Crippen LogP contribution in [0.3, 0.4) is 0 Å². The molecule has 0 aliphatic carbocycles. The summed E-state index contributed by atoms with van der Waals surface area (Å²) in [5.74, 6) is 0.100. The Kier molecular flexibility index (Phi) is 6.33. The number of amides is 1. The van der Waals surface area contributed by atoms with Gasteiger partial charge in [0.2, 0.25) is 0 Å². The quantitative estimate of drug-likeness (QED) is 0.405. The second kappa shape index (κ2) is 9.49. The molecule has 0 aliphatic heterocycles. The third kappa shape index (κ3) is 4.40. The highest BCUT2D eigenvalue weighted by atomic mass is 16.5. The van der Waals surface area contributed by atoms with Gasteiger partial charge < -0.3 is 15.2 Å². The van der Waals surface area contributed by atoms with Crippen molar-refractivity contribution in [1.29, 1.82) is 0 Å². The first-order chi connectivity index (χ1) is 15.6. The Labute approximate surface area is 186 Å². The van der Waals surface area contributed by atoms with E-state index in [0.29, 0.717) is 16.8 Å². The van der Waals surface area contributed by atoms with Crippen LogP contribution >= 0.6 is 0 Å². The number of H-pyrrole nitrogens is 1. The summed E-state index contributed by atoms with van der Waals surface area (Å²) in [6.07, 6.45) is 3.90. The van der Waals surface area contributed by atoms with Crippen molar-refractivity contribution in [3.8, 4) is 5.75 Å². The molecule has 0 aliphatic rings.